The minimum Gasteiger partial charge on any atom is -0.493 e. The Kier molecular flexibility index (Phi) is 4.50. The number of rotatable bonds is 6. The van der Waals surface area contributed by atoms with Crippen molar-refractivity contribution in [2.75, 3.05) is 20.8 Å². The van der Waals surface area contributed by atoms with Gasteiger partial charge in [0.15, 0.2) is 11.5 Å². The molecule has 0 saturated carbocycles. The van der Waals surface area contributed by atoms with E-state index >= 15 is 0 Å². The molecule has 6 nitrogen and oxygen atoms in total. The van der Waals surface area contributed by atoms with E-state index in [0.29, 0.717) is 18.0 Å². The number of hydrogen-bond acceptors (Lipinski definition) is 5. The topological polar surface area (TPSA) is 77.0 Å². The van der Waals surface area contributed by atoms with Crippen molar-refractivity contribution in [3.8, 4) is 11.5 Å². The van der Waals surface area contributed by atoms with Crippen molar-refractivity contribution in [3.63, 3.8) is 0 Å². The molecule has 0 amide bonds. The molecule has 0 saturated heterocycles. The summed E-state index contributed by atoms with van der Waals surface area (Å²) in [6.07, 6.45) is 1.57. The second-order valence-corrected chi connectivity index (χ2v) is 4.81. The molecule has 2 rings (SSSR count). The van der Waals surface area contributed by atoms with Crippen LogP contribution in [0, 0.1) is 0 Å². The molecule has 0 bridgehead atoms. The molecule has 0 aromatic heterocycles. The first-order chi connectivity index (χ1) is 10.00. The van der Waals surface area contributed by atoms with Gasteiger partial charge in [-0.3, -0.25) is 5.32 Å². The molecule has 1 unspecified atom stereocenters. The van der Waals surface area contributed by atoms with Gasteiger partial charge in [-0.05, 0) is 30.7 Å². The lowest BCUT2D eigenvalue weighted by molar-refractivity contribution is -0.135. The largest absolute Gasteiger partial charge is 0.493 e. The molecule has 114 valence electrons. The summed E-state index contributed by atoms with van der Waals surface area (Å²) in [7, 11) is 3.15. The van der Waals surface area contributed by atoms with E-state index in [1.54, 1.807) is 27.2 Å². The molecule has 1 aliphatic rings. The van der Waals surface area contributed by atoms with Gasteiger partial charge in [-0.15, -0.1) is 0 Å². The van der Waals surface area contributed by atoms with E-state index in [0.717, 1.165) is 5.56 Å². The number of carbonyl (C=O) groups is 1. The summed E-state index contributed by atoms with van der Waals surface area (Å²) in [5.41, 5.74) is 0.177. The molecule has 1 aromatic rings. The average molecular weight is 293 g/mol. The highest BCUT2D eigenvalue weighted by molar-refractivity contribution is 5.89. The van der Waals surface area contributed by atoms with Crippen LogP contribution in [0.2, 0.25) is 0 Å². The Labute approximate surface area is 123 Å². The Morgan fingerprint density at radius 2 is 2.10 bits per heavy atom. The fourth-order valence-corrected chi connectivity index (χ4v) is 2.26. The Bertz CT molecular complexity index is 569. The van der Waals surface area contributed by atoms with Gasteiger partial charge in [0, 0.05) is 6.54 Å². The van der Waals surface area contributed by atoms with Crippen molar-refractivity contribution in [3.05, 3.63) is 35.4 Å². The van der Waals surface area contributed by atoms with E-state index in [-0.39, 0.29) is 12.2 Å². The van der Waals surface area contributed by atoms with E-state index in [9.17, 15) is 9.90 Å². The second-order valence-electron chi connectivity index (χ2n) is 4.81. The van der Waals surface area contributed by atoms with Crippen LogP contribution in [-0.2, 0) is 16.1 Å². The number of hydrogen-bond donors (Lipinski definition) is 2. The second kappa shape index (κ2) is 6.15. The van der Waals surface area contributed by atoms with E-state index < -0.39 is 11.7 Å². The highest BCUT2D eigenvalue weighted by Crippen LogP contribution is 2.29. The van der Waals surface area contributed by atoms with Crippen LogP contribution in [0.1, 0.15) is 12.5 Å². The van der Waals surface area contributed by atoms with Gasteiger partial charge >= 0.3 is 5.97 Å². The molecule has 2 N–H and O–H groups in total. The number of benzene rings is 1. The van der Waals surface area contributed by atoms with Gasteiger partial charge < -0.3 is 19.3 Å². The van der Waals surface area contributed by atoms with Crippen LogP contribution in [0.5, 0.6) is 11.5 Å². The maximum atomic E-state index is 11.2. The number of nitrogens with one attached hydrogen (secondary N) is 1. The van der Waals surface area contributed by atoms with Crippen LogP contribution in [0.3, 0.4) is 0 Å². The zero-order chi connectivity index (χ0) is 15.5. The monoisotopic (exact) mass is 293 g/mol. The van der Waals surface area contributed by atoms with Crippen LogP contribution in [0.15, 0.2) is 29.8 Å². The molecule has 1 atom stereocenters. The normalized spacial score (nSPS) is 21.0. The van der Waals surface area contributed by atoms with E-state index in [1.807, 2.05) is 18.2 Å². The third-order valence-corrected chi connectivity index (χ3v) is 3.48. The number of carboxylic acid groups (broad SMARTS) is 1. The van der Waals surface area contributed by atoms with Crippen LogP contribution in [0.25, 0.3) is 0 Å². The summed E-state index contributed by atoms with van der Waals surface area (Å²) in [6.45, 7) is 2.44. The number of ether oxygens (including phenoxy) is 3. The Hall–Kier alpha value is -2.05. The van der Waals surface area contributed by atoms with Gasteiger partial charge in [0.2, 0.25) is 0 Å². The molecule has 1 aromatic carbocycles. The van der Waals surface area contributed by atoms with Crippen LogP contribution >= 0.6 is 0 Å². The lowest BCUT2D eigenvalue weighted by Crippen LogP contribution is -2.45. The summed E-state index contributed by atoms with van der Waals surface area (Å²) in [5, 5.41) is 12.3. The maximum absolute atomic E-state index is 11.2. The van der Waals surface area contributed by atoms with E-state index in [1.165, 1.54) is 0 Å². The van der Waals surface area contributed by atoms with Gasteiger partial charge in [-0.1, -0.05) is 6.07 Å². The van der Waals surface area contributed by atoms with Crippen molar-refractivity contribution in [1.29, 1.82) is 0 Å². The summed E-state index contributed by atoms with van der Waals surface area (Å²) >= 11 is 0. The first-order valence-corrected chi connectivity index (χ1v) is 6.54. The molecule has 1 aliphatic heterocycles. The Morgan fingerprint density at radius 1 is 1.38 bits per heavy atom. The average Bonchev–Trinajstić information content (AvgIpc) is 2.87. The molecular weight excluding hydrogens is 274 g/mol. The third kappa shape index (κ3) is 3.17. The van der Waals surface area contributed by atoms with Crippen LogP contribution < -0.4 is 14.8 Å². The minimum atomic E-state index is -0.987. The Balaban J connectivity index is 2.10. The van der Waals surface area contributed by atoms with Gasteiger partial charge in [-0.25, -0.2) is 4.79 Å². The summed E-state index contributed by atoms with van der Waals surface area (Å²) in [5.74, 6) is 0.300. The van der Waals surface area contributed by atoms with Crippen molar-refractivity contribution >= 4 is 5.97 Å². The van der Waals surface area contributed by atoms with Crippen molar-refractivity contribution in [2.24, 2.45) is 0 Å². The number of methoxy groups -OCH3 is 2. The fourth-order valence-electron chi connectivity index (χ4n) is 2.26. The van der Waals surface area contributed by atoms with Gasteiger partial charge in [-0.2, -0.15) is 0 Å². The fraction of sp³-hybridized carbons (Fsp3) is 0.400. The Morgan fingerprint density at radius 3 is 2.71 bits per heavy atom. The summed E-state index contributed by atoms with van der Waals surface area (Å²) in [6, 6.07) is 5.53. The molecule has 21 heavy (non-hydrogen) atoms. The smallest absolute Gasteiger partial charge is 0.335 e. The highest BCUT2D eigenvalue weighted by Gasteiger charge is 2.37. The lowest BCUT2D eigenvalue weighted by Gasteiger charge is -2.27. The van der Waals surface area contributed by atoms with Crippen molar-refractivity contribution in [1.82, 2.24) is 5.32 Å². The van der Waals surface area contributed by atoms with E-state index in [4.69, 9.17) is 14.2 Å². The first kappa shape index (κ1) is 15.3. The molecule has 0 aliphatic carbocycles. The summed E-state index contributed by atoms with van der Waals surface area (Å²) < 4.78 is 15.9. The van der Waals surface area contributed by atoms with E-state index in [2.05, 4.69) is 5.32 Å². The van der Waals surface area contributed by atoms with Crippen molar-refractivity contribution in [2.45, 2.75) is 19.2 Å². The van der Waals surface area contributed by atoms with Crippen LogP contribution in [-0.4, -0.2) is 37.6 Å². The van der Waals surface area contributed by atoms with Crippen molar-refractivity contribution < 1.29 is 24.1 Å². The third-order valence-electron chi connectivity index (χ3n) is 3.48. The molecule has 6 heteroatoms. The predicted molar refractivity (Wildman–Crippen MR) is 76.5 cm³/mol. The van der Waals surface area contributed by atoms with Crippen LogP contribution in [0.4, 0.5) is 0 Å². The number of carboxylic acids is 1. The first-order valence-electron chi connectivity index (χ1n) is 6.54. The molecule has 0 radical (unpaired) electrons. The number of aliphatic carboxylic acids is 1. The van der Waals surface area contributed by atoms with Gasteiger partial charge in [0.05, 0.1) is 26.4 Å². The lowest BCUT2D eigenvalue weighted by atomic mass is 10.1. The minimum absolute atomic E-state index is 0.225. The maximum Gasteiger partial charge on any atom is 0.335 e. The molecular formula is C15H19NO5. The zero-order valence-electron chi connectivity index (χ0n) is 12.3. The molecule has 0 fully saturated rings. The zero-order valence-corrected chi connectivity index (χ0v) is 12.3. The standard InChI is InChI=1S/C15H19NO5/c1-15(11(14(17)18)6-7-21-15)16-9-10-4-5-12(19-2)13(8-10)20-3/h4-6,8,16H,7,9H2,1-3H3,(H,17,18). The predicted octanol–water partition coefficient (Wildman–Crippen LogP) is 1.55. The summed E-state index contributed by atoms with van der Waals surface area (Å²) in [4.78, 5) is 11.2. The molecule has 1 heterocycles. The van der Waals surface area contributed by atoms with Gasteiger partial charge in [0.25, 0.3) is 0 Å². The SMILES string of the molecule is COc1ccc(CNC2(C)OCC=C2C(=O)O)cc1OC. The molecule has 0 spiro atoms. The van der Waals surface area contributed by atoms with Gasteiger partial charge in [0.1, 0.15) is 5.72 Å². The quantitative estimate of drug-likeness (QED) is 0.828. The highest BCUT2D eigenvalue weighted by atomic mass is 16.5.